The molecular weight excluding hydrogens is 549 g/mol. The molecule has 0 radical (unpaired) electrons. The van der Waals surface area contributed by atoms with Crippen molar-refractivity contribution in [3.8, 4) is 5.75 Å². The van der Waals surface area contributed by atoms with Gasteiger partial charge in [0.2, 0.25) is 21.8 Å². The van der Waals surface area contributed by atoms with Gasteiger partial charge < -0.3 is 15.0 Å². The van der Waals surface area contributed by atoms with E-state index in [0.717, 1.165) is 6.26 Å². The number of carbonyl (C=O) groups excluding carboxylic acids is 2. The highest BCUT2D eigenvalue weighted by Crippen LogP contribution is 2.30. The Labute approximate surface area is 236 Å². The minimum absolute atomic E-state index is 0.0195. The normalized spacial score (nSPS) is 12.5. The number of ether oxygens (including phenoxy) is 1. The molecule has 2 aromatic carbocycles. The zero-order valence-corrected chi connectivity index (χ0v) is 25.1. The summed E-state index contributed by atoms with van der Waals surface area (Å²) in [5.74, 6) is -0.154. The van der Waals surface area contributed by atoms with Crippen LogP contribution in [0.1, 0.15) is 52.5 Å². The van der Waals surface area contributed by atoms with Gasteiger partial charge in [0.05, 0.1) is 19.1 Å². The number of amides is 2. The predicted molar refractivity (Wildman–Crippen MR) is 153 cm³/mol. The number of sulfonamides is 1. The van der Waals surface area contributed by atoms with Crippen LogP contribution in [0.2, 0.25) is 10.0 Å². The molecular formula is C27H37Cl2N3O5S. The van der Waals surface area contributed by atoms with E-state index in [9.17, 15) is 18.0 Å². The van der Waals surface area contributed by atoms with Crippen molar-refractivity contribution in [2.75, 3.05) is 24.2 Å². The van der Waals surface area contributed by atoms with Gasteiger partial charge in [-0.2, -0.15) is 0 Å². The Morgan fingerprint density at radius 2 is 1.76 bits per heavy atom. The molecule has 0 saturated carbocycles. The Balaban J connectivity index is 2.31. The fourth-order valence-electron chi connectivity index (χ4n) is 4.02. The highest BCUT2D eigenvalue weighted by Gasteiger charge is 2.31. The van der Waals surface area contributed by atoms with Crippen LogP contribution in [0.4, 0.5) is 5.69 Å². The number of halogens is 2. The number of para-hydroxylation sites is 2. The fourth-order valence-corrected chi connectivity index (χ4v) is 5.46. The second-order valence-electron chi connectivity index (χ2n) is 10.0. The third-order valence-electron chi connectivity index (χ3n) is 5.75. The van der Waals surface area contributed by atoms with Gasteiger partial charge in [-0.3, -0.25) is 13.9 Å². The first kappa shape index (κ1) is 31.7. The van der Waals surface area contributed by atoms with Gasteiger partial charge >= 0.3 is 0 Å². The lowest BCUT2D eigenvalue weighted by atomic mass is 10.0. The summed E-state index contributed by atoms with van der Waals surface area (Å²) >= 11 is 12.4. The average molecular weight is 587 g/mol. The van der Waals surface area contributed by atoms with Crippen LogP contribution in [0.5, 0.6) is 5.75 Å². The van der Waals surface area contributed by atoms with Crippen LogP contribution in [0, 0.1) is 0 Å². The molecule has 1 atom stereocenters. The molecule has 0 aromatic heterocycles. The number of nitrogens with zero attached hydrogens (tertiary/aromatic N) is 2. The summed E-state index contributed by atoms with van der Waals surface area (Å²) in [6, 6.07) is 11.1. The fraction of sp³-hybridized carbons (Fsp3) is 0.481. The van der Waals surface area contributed by atoms with E-state index < -0.39 is 21.6 Å². The van der Waals surface area contributed by atoms with E-state index in [2.05, 4.69) is 5.32 Å². The second-order valence-corrected chi connectivity index (χ2v) is 12.8. The molecule has 0 spiro atoms. The van der Waals surface area contributed by atoms with Crippen molar-refractivity contribution in [3.05, 3.63) is 58.1 Å². The lowest BCUT2D eigenvalue weighted by molar-refractivity contribution is -0.142. The monoisotopic (exact) mass is 585 g/mol. The van der Waals surface area contributed by atoms with Gasteiger partial charge in [-0.15, -0.1) is 0 Å². The lowest BCUT2D eigenvalue weighted by Crippen LogP contribution is -2.53. The molecule has 2 rings (SSSR count). The molecule has 0 aliphatic rings. The number of hydrogen-bond acceptors (Lipinski definition) is 5. The molecule has 38 heavy (non-hydrogen) atoms. The van der Waals surface area contributed by atoms with Crippen molar-refractivity contribution >= 4 is 50.7 Å². The summed E-state index contributed by atoms with van der Waals surface area (Å²) in [5, 5.41) is 3.81. The minimum Gasteiger partial charge on any atom is -0.495 e. The summed E-state index contributed by atoms with van der Waals surface area (Å²) in [6.45, 7) is 7.62. The predicted octanol–water partition coefficient (Wildman–Crippen LogP) is 5.27. The number of hydrogen-bond donors (Lipinski definition) is 1. The van der Waals surface area contributed by atoms with Crippen LogP contribution in [-0.2, 0) is 26.2 Å². The summed E-state index contributed by atoms with van der Waals surface area (Å²) in [6.07, 6.45) is 1.74. The third kappa shape index (κ3) is 9.06. The second kappa shape index (κ2) is 13.5. The highest BCUT2D eigenvalue weighted by molar-refractivity contribution is 7.92. The maximum absolute atomic E-state index is 13.6. The van der Waals surface area contributed by atoms with E-state index >= 15 is 0 Å². The average Bonchev–Trinajstić information content (AvgIpc) is 2.81. The first-order valence-electron chi connectivity index (χ1n) is 12.3. The maximum Gasteiger partial charge on any atom is 0.243 e. The molecule has 210 valence electrons. The van der Waals surface area contributed by atoms with Crippen LogP contribution in [0.3, 0.4) is 0 Å². The van der Waals surface area contributed by atoms with Crippen LogP contribution < -0.4 is 14.4 Å². The number of carbonyl (C=O) groups is 2. The van der Waals surface area contributed by atoms with Crippen molar-refractivity contribution < 1.29 is 22.7 Å². The summed E-state index contributed by atoms with van der Waals surface area (Å²) in [5.41, 5.74) is 0.561. The Hall–Kier alpha value is -2.49. The van der Waals surface area contributed by atoms with Gasteiger partial charge in [-0.1, -0.05) is 48.3 Å². The number of benzene rings is 2. The van der Waals surface area contributed by atoms with Crippen LogP contribution in [0.25, 0.3) is 0 Å². The van der Waals surface area contributed by atoms with E-state index in [1.807, 2.05) is 27.7 Å². The van der Waals surface area contributed by atoms with Gasteiger partial charge in [0.15, 0.2) is 0 Å². The highest BCUT2D eigenvalue weighted by atomic mass is 35.5. The third-order valence-corrected chi connectivity index (χ3v) is 7.51. The molecule has 0 aliphatic carbocycles. The lowest BCUT2D eigenvalue weighted by Gasteiger charge is -2.33. The van der Waals surface area contributed by atoms with E-state index in [4.69, 9.17) is 27.9 Å². The zero-order valence-electron chi connectivity index (χ0n) is 22.8. The summed E-state index contributed by atoms with van der Waals surface area (Å²) in [4.78, 5) is 28.2. The van der Waals surface area contributed by atoms with Crippen LogP contribution in [0.15, 0.2) is 42.5 Å². The van der Waals surface area contributed by atoms with Crippen LogP contribution in [-0.4, -0.2) is 56.6 Å². The summed E-state index contributed by atoms with van der Waals surface area (Å²) < 4.78 is 31.7. The number of rotatable bonds is 12. The number of anilines is 1. The van der Waals surface area contributed by atoms with Crippen molar-refractivity contribution in [2.45, 2.75) is 65.1 Å². The molecule has 0 aliphatic heterocycles. The molecule has 0 unspecified atom stereocenters. The first-order chi connectivity index (χ1) is 17.7. The van der Waals surface area contributed by atoms with E-state index in [0.29, 0.717) is 33.5 Å². The largest absolute Gasteiger partial charge is 0.495 e. The SMILES string of the molecule is CC[C@H](C(=O)NC(C)(C)C)N(Cc1ccc(Cl)cc1Cl)C(=O)CCCN(c1ccccc1OC)S(C)(=O)=O. The zero-order chi connectivity index (χ0) is 28.7. The molecule has 0 fully saturated rings. The Kier molecular flexibility index (Phi) is 11.3. The van der Waals surface area contributed by atoms with Gasteiger partial charge in [0.1, 0.15) is 11.8 Å². The molecule has 2 amide bonds. The maximum atomic E-state index is 13.6. The Bertz CT molecular complexity index is 1230. The van der Waals surface area contributed by atoms with Crippen molar-refractivity contribution in [2.24, 2.45) is 0 Å². The van der Waals surface area contributed by atoms with Crippen LogP contribution >= 0.6 is 23.2 Å². The molecule has 1 N–H and O–H groups in total. The minimum atomic E-state index is -3.65. The van der Waals surface area contributed by atoms with E-state index in [-0.39, 0.29) is 37.7 Å². The molecule has 8 nitrogen and oxygen atoms in total. The van der Waals surface area contributed by atoms with Gasteiger partial charge in [-0.25, -0.2) is 8.42 Å². The van der Waals surface area contributed by atoms with Gasteiger partial charge in [0, 0.05) is 35.1 Å². The smallest absolute Gasteiger partial charge is 0.243 e. The number of nitrogens with one attached hydrogen (secondary N) is 1. The van der Waals surface area contributed by atoms with Gasteiger partial charge in [0.25, 0.3) is 0 Å². The molecule has 0 bridgehead atoms. The standard InChI is InChI=1S/C27H37Cl2N3O5S/c1-7-22(26(34)30-27(2,3)4)31(18-19-14-15-20(28)17-21(19)29)25(33)13-10-16-32(38(6,35)36)23-11-8-9-12-24(23)37-5/h8-9,11-12,14-15,17,22H,7,10,13,16,18H2,1-6H3,(H,30,34)/t22-/m1/s1. The van der Waals surface area contributed by atoms with E-state index in [1.165, 1.54) is 16.3 Å². The van der Waals surface area contributed by atoms with E-state index in [1.54, 1.807) is 42.5 Å². The van der Waals surface area contributed by atoms with Crippen molar-refractivity contribution in [3.63, 3.8) is 0 Å². The molecule has 0 heterocycles. The molecule has 0 saturated heterocycles. The topological polar surface area (TPSA) is 96.0 Å². The Morgan fingerprint density at radius 1 is 1.11 bits per heavy atom. The summed E-state index contributed by atoms with van der Waals surface area (Å²) in [7, 11) is -2.18. The molecule has 2 aromatic rings. The van der Waals surface area contributed by atoms with Gasteiger partial charge in [-0.05, 0) is 63.4 Å². The Morgan fingerprint density at radius 3 is 2.32 bits per heavy atom. The molecule has 11 heteroatoms. The van der Waals surface area contributed by atoms with Crippen molar-refractivity contribution in [1.82, 2.24) is 10.2 Å². The van der Waals surface area contributed by atoms with Crippen molar-refractivity contribution in [1.29, 1.82) is 0 Å². The number of methoxy groups -OCH3 is 1. The quantitative estimate of drug-likeness (QED) is 0.366. The first-order valence-corrected chi connectivity index (χ1v) is 14.9.